The van der Waals surface area contributed by atoms with Crippen molar-refractivity contribution in [1.82, 2.24) is 4.57 Å². The van der Waals surface area contributed by atoms with E-state index in [0.29, 0.717) is 5.52 Å². The molecule has 80 valence electrons. The van der Waals surface area contributed by atoms with Crippen LogP contribution in [0.25, 0.3) is 10.9 Å². The molecule has 0 bridgehead atoms. The van der Waals surface area contributed by atoms with Crippen molar-refractivity contribution >= 4 is 26.8 Å². The lowest BCUT2D eigenvalue weighted by atomic mass is 10.2. The molecule has 1 aromatic carbocycles. The number of aryl methyl sites for hydroxylation is 1. The molecule has 15 heavy (non-hydrogen) atoms. The first-order chi connectivity index (χ1) is 7.04. The molecule has 1 unspecified atom stereocenters. The molecule has 2 rings (SSSR count). The maximum Gasteiger partial charge on any atom is 0.147 e. The third-order valence-electron chi connectivity index (χ3n) is 2.58. The van der Waals surface area contributed by atoms with E-state index >= 15 is 0 Å². The van der Waals surface area contributed by atoms with E-state index in [1.165, 1.54) is 6.07 Å². The zero-order valence-corrected chi connectivity index (χ0v) is 10.2. The van der Waals surface area contributed by atoms with Crippen LogP contribution in [0, 0.1) is 5.82 Å². The summed E-state index contributed by atoms with van der Waals surface area (Å²) in [4.78, 5) is 0. The summed E-state index contributed by atoms with van der Waals surface area (Å²) in [5.74, 6) is -0.220. The Morgan fingerprint density at radius 2 is 2.13 bits per heavy atom. The Labute approximate surface area is 96.0 Å². The number of halogens is 2. The van der Waals surface area contributed by atoms with Crippen LogP contribution in [0.4, 0.5) is 4.39 Å². The Bertz CT molecular complexity index is 517. The van der Waals surface area contributed by atoms with Gasteiger partial charge < -0.3 is 10.3 Å². The van der Waals surface area contributed by atoms with Crippen molar-refractivity contribution in [2.45, 2.75) is 13.0 Å². The summed E-state index contributed by atoms with van der Waals surface area (Å²) in [6, 6.07) is 4.91. The predicted molar refractivity (Wildman–Crippen MR) is 63.2 cm³/mol. The molecule has 2 aromatic rings. The first-order valence-corrected chi connectivity index (χ1v) is 5.51. The lowest BCUT2D eigenvalue weighted by Gasteiger charge is -2.08. The minimum Gasteiger partial charge on any atom is -0.343 e. The summed E-state index contributed by atoms with van der Waals surface area (Å²) in [5, 5.41) is 0.866. The van der Waals surface area contributed by atoms with Gasteiger partial charge in [0, 0.05) is 28.6 Å². The molecule has 0 saturated carbocycles. The Morgan fingerprint density at radius 3 is 2.67 bits per heavy atom. The van der Waals surface area contributed by atoms with Gasteiger partial charge in [0.05, 0.1) is 5.52 Å². The van der Waals surface area contributed by atoms with Gasteiger partial charge in [0.2, 0.25) is 0 Å². The van der Waals surface area contributed by atoms with Crippen LogP contribution >= 0.6 is 15.9 Å². The molecule has 2 N–H and O–H groups in total. The fourth-order valence-electron chi connectivity index (χ4n) is 1.94. The molecule has 1 atom stereocenters. The maximum absolute atomic E-state index is 13.6. The van der Waals surface area contributed by atoms with Crippen LogP contribution in [-0.4, -0.2) is 4.57 Å². The molecule has 0 radical (unpaired) electrons. The van der Waals surface area contributed by atoms with Gasteiger partial charge in [-0.25, -0.2) is 4.39 Å². The predicted octanol–water partition coefficient (Wildman–Crippen LogP) is 3.10. The number of hydrogen-bond donors (Lipinski definition) is 1. The third kappa shape index (κ3) is 1.48. The largest absolute Gasteiger partial charge is 0.343 e. The van der Waals surface area contributed by atoms with Crippen LogP contribution in [0.2, 0.25) is 0 Å². The number of nitrogens with zero attached hydrogens (tertiary/aromatic N) is 1. The Morgan fingerprint density at radius 1 is 1.47 bits per heavy atom. The maximum atomic E-state index is 13.6. The normalized spacial score (nSPS) is 13.4. The summed E-state index contributed by atoms with van der Waals surface area (Å²) in [7, 11) is 1.83. The second-order valence-corrected chi connectivity index (χ2v) is 4.48. The molecule has 0 aliphatic heterocycles. The zero-order chi connectivity index (χ0) is 11.2. The summed E-state index contributed by atoms with van der Waals surface area (Å²) in [5.41, 5.74) is 7.36. The van der Waals surface area contributed by atoms with Crippen LogP contribution in [0.15, 0.2) is 22.7 Å². The number of rotatable bonds is 1. The van der Waals surface area contributed by atoms with E-state index < -0.39 is 0 Å². The second kappa shape index (κ2) is 3.61. The number of aromatic nitrogens is 1. The van der Waals surface area contributed by atoms with E-state index in [4.69, 9.17) is 5.73 Å². The molecular weight excluding hydrogens is 259 g/mol. The van der Waals surface area contributed by atoms with Crippen molar-refractivity contribution in [3.05, 3.63) is 34.2 Å². The van der Waals surface area contributed by atoms with Gasteiger partial charge in [-0.15, -0.1) is 0 Å². The highest BCUT2D eigenvalue weighted by Gasteiger charge is 2.17. The smallest absolute Gasteiger partial charge is 0.147 e. The highest BCUT2D eigenvalue weighted by molar-refractivity contribution is 9.10. The fraction of sp³-hybridized carbons (Fsp3) is 0.273. The van der Waals surface area contributed by atoms with Crippen molar-refractivity contribution in [3.8, 4) is 0 Å². The number of fused-ring (bicyclic) bond motifs is 1. The average Bonchev–Trinajstić information content (AvgIpc) is 2.40. The summed E-state index contributed by atoms with van der Waals surface area (Å²) in [6.45, 7) is 1.89. The number of benzene rings is 1. The molecule has 0 amide bonds. The number of nitrogens with two attached hydrogens (primary N) is 1. The fourth-order valence-corrected chi connectivity index (χ4v) is 2.89. The van der Waals surface area contributed by atoms with E-state index in [1.54, 1.807) is 10.6 Å². The lowest BCUT2D eigenvalue weighted by Crippen LogP contribution is -2.10. The third-order valence-corrected chi connectivity index (χ3v) is 3.41. The SMILES string of the molecule is CC(N)c1c(Br)c2cccc(F)c2n1C. The van der Waals surface area contributed by atoms with Gasteiger partial charge in [0.25, 0.3) is 0 Å². The van der Waals surface area contributed by atoms with Gasteiger partial charge in [-0.2, -0.15) is 0 Å². The molecule has 4 heteroatoms. The molecular formula is C11H12BrFN2. The highest BCUT2D eigenvalue weighted by atomic mass is 79.9. The standard InChI is InChI=1S/C11H12BrFN2/c1-6(14)10-9(12)7-4-3-5-8(13)11(7)15(10)2/h3-6H,14H2,1-2H3. The van der Waals surface area contributed by atoms with Gasteiger partial charge in [-0.3, -0.25) is 0 Å². The molecule has 0 saturated heterocycles. The Kier molecular flexibility index (Phi) is 2.56. The van der Waals surface area contributed by atoms with Crippen LogP contribution in [0.1, 0.15) is 18.7 Å². The number of para-hydroxylation sites is 1. The van der Waals surface area contributed by atoms with Crippen molar-refractivity contribution in [2.24, 2.45) is 12.8 Å². The zero-order valence-electron chi connectivity index (χ0n) is 8.59. The van der Waals surface area contributed by atoms with Gasteiger partial charge in [-0.1, -0.05) is 12.1 Å². The van der Waals surface area contributed by atoms with E-state index in [-0.39, 0.29) is 11.9 Å². The number of hydrogen-bond acceptors (Lipinski definition) is 1. The van der Waals surface area contributed by atoms with Crippen molar-refractivity contribution in [3.63, 3.8) is 0 Å². The van der Waals surface area contributed by atoms with Crippen LogP contribution < -0.4 is 5.73 Å². The van der Waals surface area contributed by atoms with Crippen LogP contribution in [-0.2, 0) is 7.05 Å². The van der Waals surface area contributed by atoms with E-state index in [1.807, 2.05) is 20.0 Å². The van der Waals surface area contributed by atoms with E-state index in [2.05, 4.69) is 15.9 Å². The average molecular weight is 271 g/mol. The monoisotopic (exact) mass is 270 g/mol. The molecule has 1 aromatic heterocycles. The summed E-state index contributed by atoms with van der Waals surface area (Å²) in [6.07, 6.45) is 0. The van der Waals surface area contributed by atoms with Crippen molar-refractivity contribution in [2.75, 3.05) is 0 Å². The van der Waals surface area contributed by atoms with E-state index in [9.17, 15) is 4.39 Å². The van der Waals surface area contributed by atoms with Crippen molar-refractivity contribution in [1.29, 1.82) is 0 Å². The van der Waals surface area contributed by atoms with Gasteiger partial charge in [-0.05, 0) is 28.9 Å². The van der Waals surface area contributed by atoms with E-state index in [0.717, 1.165) is 15.6 Å². The van der Waals surface area contributed by atoms with Gasteiger partial charge >= 0.3 is 0 Å². The highest BCUT2D eigenvalue weighted by Crippen LogP contribution is 2.34. The first-order valence-electron chi connectivity index (χ1n) is 4.72. The first kappa shape index (κ1) is 10.6. The second-order valence-electron chi connectivity index (χ2n) is 3.68. The molecule has 0 aliphatic carbocycles. The molecule has 0 spiro atoms. The van der Waals surface area contributed by atoms with Gasteiger partial charge in [0.1, 0.15) is 5.82 Å². The minimum absolute atomic E-state index is 0.129. The summed E-state index contributed by atoms with van der Waals surface area (Å²) < 4.78 is 16.3. The van der Waals surface area contributed by atoms with Crippen molar-refractivity contribution < 1.29 is 4.39 Å². The lowest BCUT2D eigenvalue weighted by molar-refractivity contribution is 0.626. The summed E-state index contributed by atoms with van der Waals surface area (Å²) >= 11 is 3.47. The quantitative estimate of drug-likeness (QED) is 0.848. The molecule has 2 nitrogen and oxygen atoms in total. The van der Waals surface area contributed by atoms with Gasteiger partial charge in [0.15, 0.2) is 0 Å². The molecule has 0 fully saturated rings. The van der Waals surface area contributed by atoms with Crippen LogP contribution in [0.3, 0.4) is 0 Å². The molecule has 1 heterocycles. The topological polar surface area (TPSA) is 30.9 Å². The molecule has 0 aliphatic rings. The Balaban J connectivity index is 2.92. The van der Waals surface area contributed by atoms with Crippen LogP contribution in [0.5, 0.6) is 0 Å². The Hall–Kier alpha value is -0.870. The minimum atomic E-state index is -0.220.